The first kappa shape index (κ1) is 15.3. The molecule has 19 heavy (non-hydrogen) atoms. The van der Waals surface area contributed by atoms with Crippen LogP contribution in [0.2, 0.25) is 0 Å². The van der Waals surface area contributed by atoms with Crippen molar-refractivity contribution < 1.29 is 14.6 Å². The molecule has 5 unspecified atom stereocenters. The highest BCUT2D eigenvalue weighted by Crippen LogP contribution is 2.33. The van der Waals surface area contributed by atoms with Gasteiger partial charge in [0.25, 0.3) is 0 Å². The van der Waals surface area contributed by atoms with Crippen molar-refractivity contribution in [1.29, 1.82) is 0 Å². The molecule has 0 spiro atoms. The lowest BCUT2D eigenvalue weighted by Gasteiger charge is -2.40. The Hall–Kier alpha value is -0.120. The highest BCUT2D eigenvalue weighted by Gasteiger charge is 2.35. The average Bonchev–Trinajstić information content (AvgIpc) is 2.38. The predicted octanol–water partition coefficient (Wildman–Crippen LogP) is 3.29. The van der Waals surface area contributed by atoms with Crippen LogP contribution < -0.4 is 0 Å². The SMILES string of the molecule is CCCC(COC1CCC2CCCC1O2)CC(C)O. The highest BCUT2D eigenvalue weighted by molar-refractivity contribution is 4.84. The van der Waals surface area contributed by atoms with Gasteiger partial charge in [0.1, 0.15) is 0 Å². The van der Waals surface area contributed by atoms with Gasteiger partial charge in [0.2, 0.25) is 0 Å². The minimum absolute atomic E-state index is 0.221. The third kappa shape index (κ3) is 4.73. The van der Waals surface area contributed by atoms with E-state index in [1.54, 1.807) is 0 Å². The number of hydrogen-bond donors (Lipinski definition) is 1. The van der Waals surface area contributed by atoms with E-state index in [-0.39, 0.29) is 6.10 Å². The van der Waals surface area contributed by atoms with Gasteiger partial charge in [-0.2, -0.15) is 0 Å². The van der Waals surface area contributed by atoms with Gasteiger partial charge in [-0.05, 0) is 57.8 Å². The van der Waals surface area contributed by atoms with Crippen LogP contribution in [0.25, 0.3) is 0 Å². The summed E-state index contributed by atoms with van der Waals surface area (Å²) in [6, 6.07) is 0. The van der Waals surface area contributed by atoms with Crippen LogP contribution >= 0.6 is 0 Å². The number of aliphatic hydroxyl groups is 1. The molecule has 1 N–H and O–H groups in total. The summed E-state index contributed by atoms with van der Waals surface area (Å²) in [4.78, 5) is 0. The zero-order valence-electron chi connectivity index (χ0n) is 12.5. The molecule has 3 nitrogen and oxygen atoms in total. The van der Waals surface area contributed by atoms with Crippen LogP contribution in [0.3, 0.4) is 0 Å². The lowest BCUT2D eigenvalue weighted by molar-refractivity contribution is -0.165. The van der Waals surface area contributed by atoms with Crippen LogP contribution in [-0.2, 0) is 9.47 Å². The summed E-state index contributed by atoms with van der Waals surface area (Å²) in [7, 11) is 0. The molecule has 2 fully saturated rings. The summed E-state index contributed by atoms with van der Waals surface area (Å²) in [5.41, 5.74) is 0. The van der Waals surface area contributed by atoms with E-state index < -0.39 is 0 Å². The van der Waals surface area contributed by atoms with Crippen molar-refractivity contribution in [3.63, 3.8) is 0 Å². The Labute approximate surface area is 117 Å². The van der Waals surface area contributed by atoms with E-state index in [0.717, 1.165) is 45.1 Å². The maximum Gasteiger partial charge on any atom is 0.0840 e. The fourth-order valence-corrected chi connectivity index (χ4v) is 3.56. The number of ether oxygens (including phenoxy) is 2. The molecule has 2 aliphatic rings. The monoisotopic (exact) mass is 270 g/mol. The molecule has 0 aromatic carbocycles. The molecule has 2 aliphatic heterocycles. The zero-order valence-corrected chi connectivity index (χ0v) is 12.5. The molecule has 2 rings (SSSR count). The second kappa shape index (κ2) is 7.61. The van der Waals surface area contributed by atoms with Gasteiger partial charge in [-0.1, -0.05) is 13.3 Å². The molecule has 0 aromatic rings. The summed E-state index contributed by atoms with van der Waals surface area (Å²) in [6.07, 6.45) is 10.1. The molecule has 0 saturated carbocycles. The quantitative estimate of drug-likeness (QED) is 0.771. The van der Waals surface area contributed by atoms with Gasteiger partial charge in [0.15, 0.2) is 0 Å². The Bertz CT molecular complexity index is 254. The second-order valence-corrected chi connectivity index (χ2v) is 6.42. The van der Waals surface area contributed by atoms with E-state index in [1.165, 1.54) is 12.8 Å². The van der Waals surface area contributed by atoms with E-state index in [9.17, 15) is 5.11 Å². The number of aliphatic hydroxyl groups excluding tert-OH is 1. The maximum atomic E-state index is 9.55. The first-order valence-electron chi connectivity index (χ1n) is 8.14. The number of rotatable bonds is 7. The standard InChI is InChI=1S/C16H30O3/c1-3-5-13(10-12(2)17)11-18-15-9-8-14-6-4-7-16(15)19-14/h12-17H,3-11H2,1-2H3. The van der Waals surface area contributed by atoms with Gasteiger partial charge in [-0.25, -0.2) is 0 Å². The molecule has 0 radical (unpaired) electrons. The Kier molecular flexibility index (Phi) is 6.11. The maximum absolute atomic E-state index is 9.55. The normalized spacial score (nSPS) is 33.9. The van der Waals surface area contributed by atoms with Crippen LogP contribution in [0.1, 0.15) is 65.2 Å². The van der Waals surface area contributed by atoms with Crippen LogP contribution in [0.15, 0.2) is 0 Å². The van der Waals surface area contributed by atoms with E-state index in [2.05, 4.69) is 6.92 Å². The fourth-order valence-electron chi connectivity index (χ4n) is 3.56. The molecule has 2 bridgehead atoms. The van der Waals surface area contributed by atoms with Crippen molar-refractivity contribution in [2.75, 3.05) is 6.61 Å². The molecule has 0 amide bonds. The van der Waals surface area contributed by atoms with Gasteiger partial charge < -0.3 is 14.6 Å². The summed E-state index contributed by atoms with van der Waals surface area (Å²) >= 11 is 0. The second-order valence-electron chi connectivity index (χ2n) is 6.42. The Morgan fingerprint density at radius 2 is 2.11 bits per heavy atom. The van der Waals surface area contributed by atoms with Gasteiger partial charge in [0.05, 0.1) is 24.4 Å². The van der Waals surface area contributed by atoms with Gasteiger partial charge in [-0.15, -0.1) is 0 Å². The van der Waals surface area contributed by atoms with Crippen LogP contribution in [0.5, 0.6) is 0 Å². The summed E-state index contributed by atoms with van der Waals surface area (Å²) < 4.78 is 12.2. The summed E-state index contributed by atoms with van der Waals surface area (Å²) in [5, 5.41) is 9.55. The van der Waals surface area contributed by atoms with Crippen LogP contribution in [0.4, 0.5) is 0 Å². The summed E-state index contributed by atoms with van der Waals surface area (Å²) in [6.45, 7) is 4.86. The molecule has 112 valence electrons. The smallest absolute Gasteiger partial charge is 0.0840 e. The van der Waals surface area contributed by atoms with Gasteiger partial charge in [0, 0.05) is 6.61 Å². The topological polar surface area (TPSA) is 38.7 Å². The number of fused-ring (bicyclic) bond motifs is 2. The Morgan fingerprint density at radius 3 is 2.84 bits per heavy atom. The highest BCUT2D eigenvalue weighted by atomic mass is 16.5. The first-order valence-corrected chi connectivity index (χ1v) is 8.14. The van der Waals surface area contributed by atoms with Crippen molar-refractivity contribution in [2.45, 2.75) is 89.6 Å². The molecule has 2 saturated heterocycles. The third-order valence-electron chi connectivity index (χ3n) is 4.49. The van der Waals surface area contributed by atoms with Crippen molar-refractivity contribution in [3.05, 3.63) is 0 Å². The third-order valence-corrected chi connectivity index (χ3v) is 4.49. The predicted molar refractivity (Wildman–Crippen MR) is 76.2 cm³/mol. The first-order chi connectivity index (χ1) is 9.19. The van der Waals surface area contributed by atoms with Gasteiger partial charge in [-0.3, -0.25) is 0 Å². The molecular weight excluding hydrogens is 240 g/mol. The van der Waals surface area contributed by atoms with E-state index >= 15 is 0 Å². The zero-order chi connectivity index (χ0) is 13.7. The Morgan fingerprint density at radius 1 is 1.26 bits per heavy atom. The minimum Gasteiger partial charge on any atom is -0.393 e. The largest absolute Gasteiger partial charge is 0.393 e. The Balaban J connectivity index is 1.76. The van der Waals surface area contributed by atoms with Crippen molar-refractivity contribution in [1.82, 2.24) is 0 Å². The van der Waals surface area contributed by atoms with E-state index in [1.807, 2.05) is 6.92 Å². The van der Waals surface area contributed by atoms with Crippen LogP contribution in [-0.4, -0.2) is 36.1 Å². The molecule has 0 aliphatic carbocycles. The average molecular weight is 270 g/mol. The molecule has 0 aromatic heterocycles. The minimum atomic E-state index is -0.221. The molecular formula is C16H30O3. The van der Waals surface area contributed by atoms with E-state index in [4.69, 9.17) is 9.47 Å². The van der Waals surface area contributed by atoms with Crippen molar-refractivity contribution >= 4 is 0 Å². The lowest BCUT2D eigenvalue weighted by Crippen LogP contribution is -2.43. The lowest BCUT2D eigenvalue weighted by atomic mass is 9.89. The van der Waals surface area contributed by atoms with E-state index in [0.29, 0.717) is 24.2 Å². The molecule has 2 heterocycles. The van der Waals surface area contributed by atoms with Crippen molar-refractivity contribution in [2.24, 2.45) is 5.92 Å². The van der Waals surface area contributed by atoms with Crippen LogP contribution in [0, 0.1) is 5.92 Å². The fraction of sp³-hybridized carbons (Fsp3) is 1.00. The van der Waals surface area contributed by atoms with Gasteiger partial charge >= 0.3 is 0 Å². The number of hydrogen-bond acceptors (Lipinski definition) is 3. The van der Waals surface area contributed by atoms with Crippen molar-refractivity contribution in [3.8, 4) is 0 Å². The summed E-state index contributed by atoms with van der Waals surface area (Å²) in [5.74, 6) is 0.492. The molecule has 3 heteroatoms. The molecule has 5 atom stereocenters.